The summed E-state index contributed by atoms with van der Waals surface area (Å²) in [7, 11) is 3.03. The fourth-order valence-electron chi connectivity index (χ4n) is 1.56. The summed E-state index contributed by atoms with van der Waals surface area (Å²) in [6.07, 6.45) is 3.60. The first-order chi connectivity index (χ1) is 8.69. The van der Waals surface area contributed by atoms with Gasteiger partial charge >= 0.3 is 5.97 Å². The Hall–Kier alpha value is -1.69. The fraction of sp³-hybridized carbons (Fsp3) is 0.583. The van der Waals surface area contributed by atoms with Gasteiger partial charge in [-0.3, -0.25) is 9.78 Å². The quantitative estimate of drug-likeness (QED) is 0.670. The van der Waals surface area contributed by atoms with Crippen LogP contribution >= 0.6 is 0 Å². The largest absolute Gasteiger partial charge is 0.469 e. The van der Waals surface area contributed by atoms with Crippen LogP contribution in [0.5, 0.6) is 0 Å². The van der Waals surface area contributed by atoms with E-state index in [1.807, 2.05) is 11.8 Å². The van der Waals surface area contributed by atoms with E-state index in [9.17, 15) is 4.79 Å². The zero-order valence-electron chi connectivity index (χ0n) is 11.0. The molecule has 0 saturated carbocycles. The van der Waals surface area contributed by atoms with Gasteiger partial charge in [0, 0.05) is 32.6 Å². The van der Waals surface area contributed by atoms with Gasteiger partial charge in [0.1, 0.15) is 5.82 Å². The third-order valence-electron chi connectivity index (χ3n) is 2.53. The van der Waals surface area contributed by atoms with Crippen molar-refractivity contribution >= 4 is 11.8 Å². The average Bonchev–Trinajstić information content (AvgIpc) is 2.39. The van der Waals surface area contributed by atoms with Gasteiger partial charge in [-0.1, -0.05) is 0 Å². The molecule has 0 saturated heterocycles. The molecule has 100 valence electrons. The lowest BCUT2D eigenvalue weighted by Gasteiger charge is -2.23. The predicted molar refractivity (Wildman–Crippen MR) is 67.5 cm³/mol. The number of aromatic nitrogens is 2. The van der Waals surface area contributed by atoms with Gasteiger partial charge in [-0.2, -0.15) is 0 Å². The molecule has 18 heavy (non-hydrogen) atoms. The van der Waals surface area contributed by atoms with Crippen molar-refractivity contribution in [3.8, 4) is 0 Å². The number of hydrogen-bond acceptors (Lipinski definition) is 6. The average molecular weight is 253 g/mol. The summed E-state index contributed by atoms with van der Waals surface area (Å²) in [4.78, 5) is 21.7. The number of hydrogen-bond donors (Lipinski definition) is 0. The van der Waals surface area contributed by atoms with Crippen LogP contribution < -0.4 is 4.90 Å². The van der Waals surface area contributed by atoms with Crippen LogP contribution in [0.3, 0.4) is 0 Å². The van der Waals surface area contributed by atoms with E-state index in [1.165, 1.54) is 7.11 Å². The summed E-state index contributed by atoms with van der Waals surface area (Å²) in [5.41, 5.74) is 0.832. The van der Waals surface area contributed by atoms with Gasteiger partial charge in [-0.25, -0.2) is 4.98 Å². The number of anilines is 1. The van der Waals surface area contributed by atoms with Crippen molar-refractivity contribution in [2.75, 3.05) is 38.8 Å². The lowest BCUT2D eigenvalue weighted by Crippen LogP contribution is -2.31. The van der Waals surface area contributed by atoms with Gasteiger partial charge < -0.3 is 14.4 Å². The summed E-state index contributed by atoms with van der Waals surface area (Å²) in [5, 5.41) is 0. The zero-order valence-corrected chi connectivity index (χ0v) is 11.0. The molecular weight excluding hydrogens is 234 g/mol. The maximum atomic E-state index is 11.2. The minimum absolute atomic E-state index is 0.237. The zero-order chi connectivity index (χ0) is 13.4. The second-order valence-electron chi connectivity index (χ2n) is 3.77. The summed E-state index contributed by atoms with van der Waals surface area (Å²) < 4.78 is 9.70. The smallest absolute Gasteiger partial charge is 0.307 e. The lowest BCUT2D eigenvalue weighted by atomic mass is 10.3. The number of rotatable bonds is 7. The van der Waals surface area contributed by atoms with E-state index >= 15 is 0 Å². The number of esters is 1. The SMILES string of the molecule is COCCN(CCC(=O)OC)c1nccnc1C. The molecule has 1 aromatic heterocycles. The van der Waals surface area contributed by atoms with Crippen LogP contribution in [0.4, 0.5) is 5.82 Å². The maximum Gasteiger partial charge on any atom is 0.307 e. The molecule has 0 aromatic carbocycles. The highest BCUT2D eigenvalue weighted by molar-refractivity contribution is 5.70. The lowest BCUT2D eigenvalue weighted by molar-refractivity contribution is -0.140. The van der Waals surface area contributed by atoms with Crippen LogP contribution in [0.2, 0.25) is 0 Å². The van der Waals surface area contributed by atoms with Gasteiger partial charge in [0.2, 0.25) is 0 Å². The fourth-order valence-corrected chi connectivity index (χ4v) is 1.56. The summed E-state index contributed by atoms with van der Waals surface area (Å²) in [5.74, 6) is 0.539. The van der Waals surface area contributed by atoms with E-state index in [0.29, 0.717) is 26.1 Å². The molecule has 6 heteroatoms. The summed E-state index contributed by atoms with van der Waals surface area (Å²) in [6, 6.07) is 0. The topological polar surface area (TPSA) is 64.5 Å². The van der Waals surface area contributed by atoms with Gasteiger partial charge in [-0.15, -0.1) is 0 Å². The summed E-state index contributed by atoms with van der Waals surface area (Å²) >= 11 is 0. The molecule has 0 bridgehead atoms. The predicted octanol–water partition coefficient (Wildman–Crippen LogP) is 0.801. The Morgan fingerprint density at radius 3 is 2.61 bits per heavy atom. The summed E-state index contributed by atoms with van der Waals surface area (Å²) in [6.45, 7) is 3.65. The molecule has 0 atom stereocenters. The molecule has 0 aliphatic heterocycles. The van der Waals surface area contributed by atoms with Gasteiger partial charge in [0.05, 0.1) is 25.8 Å². The molecule has 0 N–H and O–H groups in total. The highest BCUT2D eigenvalue weighted by Gasteiger charge is 2.13. The van der Waals surface area contributed by atoms with Gasteiger partial charge in [-0.05, 0) is 6.92 Å². The first kappa shape index (κ1) is 14.4. The molecule has 1 rings (SSSR count). The third kappa shape index (κ3) is 4.29. The second-order valence-corrected chi connectivity index (χ2v) is 3.77. The Kier molecular flexibility index (Phi) is 6.07. The third-order valence-corrected chi connectivity index (χ3v) is 2.53. The van der Waals surface area contributed by atoms with Gasteiger partial charge in [0.15, 0.2) is 0 Å². The van der Waals surface area contributed by atoms with E-state index in [1.54, 1.807) is 19.5 Å². The van der Waals surface area contributed by atoms with Crippen molar-refractivity contribution in [2.45, 2.75) is 13.3 Å². The Bertz CT molecular complexity index is 385. The Balaban J connectivity index is 2.71. The maximum absolute atomic E-state index is 11.2. The van der Waals surface area contributed by atoms with Crippen molar-refractivity contribution in [3.05, 3.63) is 18.1 Å². The Morgan fingerprint density at radius 2 is 2.00 bits per heavy atom. The molecule has 0 fully saturated rings. The van der Waals surface area contributed by atoms with Crippen LogP contribution in [0.1, 0.15) is 12.1 Å². The molecule has 0 aliphatic rings. The van der Waals surface area contributed by atoms with Crippen molar-refractivity contribution in [3.63, 3.8) is 0 Å². The Labute approximate surface area is 107 Å². The number of aryl methyl sites for hydroxylation is 1. The molecule has 1 heterocycles. The first-order valence-electron chi connectivity index (χ1n) is 5.77. The molecule has 0 unspecified atom stereocenters. The van der Waals surface area contributed by atoms with Crippen molar-refractivity contribution in [1.29, 1.82) is 0 Å². The van der Waals surface area contributed by atoms with E-state index in [-0.39, 0.29) is 5.97 Å². The highest BCUT2D eigenvalue weighted by atomic mass is 16.5. The molecule has 6 nitrogen and oxygen atoms in total. The number of nitrogens with zero attached hydrogens (tertiary/aromatic N) is 3. The highest BCUT2D eigenvalue weighted by Crippen LogP contribution is 2.13. The van der Waals surface area contributed by atoms with Crippen LogP contribution in [0, 0.1) is 6.92 Å². The normalized spacial score (nSPS) is 10.2. The van der Waals surface area contributed by atoms with Crippen LogP contribution in [-0.4, -0.2) is 49.9 Å². The van der Waals surface area contributed by atoms with E-state index in [4.69, 9.17) is 4.74 Å². The van der Waals surface area contributed by atoms with E-state index in [0.717, 1.165) is 11.5 Å². The van der Waals surface area contributed by atoms with Crippen LogP contribution in [0.25, 0.3) is 0 Å². The van der Waals surface area contributed by atoms with E-state index in [2.05, 4.69) is 14.7 Å². The van der Waals surface area contributed by atoms with Crippen molar-refractivity contribution in [2.24, 2.45) is 0 Å². The molecule has 1 aromatic rings. The van der Waals surface area contributed by atoms with Gasteiger partial charge in [0.25, 0.3) is 0 Å². The number of ether oxygens (including phenoxy) is 2. The molecule has 0 amide bonds. The second kappa shape index (κ2) is 7.60. The van der Waals surface area contributed by atoms with Crippen molar-refractivity contribution < 1.29 is 14.3 Å². The number of carbonyl (C=O) groups is 1. The standard InChI is InChI=1S/C12H19N3O3/c1-10-12(14-6-5-13-10)15(8-9-17-2)7-4-11(16)18-3/h5-6H,4,7-9H2,1-3H3. The molecule has 0 radical (unpaired) electrons. The molecule has 0 aliphatic carbocycles. The molecular formula is C12H19N3O3. The van der Waals surface area contributed by atoms with Crippen molar-refractivity contribution in [1.82, 2.24) is 9.97 Å². The monoisotopic (exact) mass is 253 g/mol. The number of methoxy groups -OCH3 is 2. The minimum atomic E-state index is -0.237. The minimum Gasteiger partial charge on any atom is -0.469 e. The molecule has 0 spiro atoms. The first-order valence-corrected chi connectivity index (χ1v) is 5.77. The van der Waals surface area contributed by atoms with Crippen LogP contribution in [0.15, 0.2) is 12.4 Å². The van der Waals surface area contributed by atoms with E-state index < -0.39 is 0 Å². The Morgan fingerprint density at radius 1 is 1.28 bits per heavy atom. The number of carbonyl (C=O) groups excluding carboxylic acids is 1. The van der Waals surface area contributed by atoms with Crippen LogP contribution in [-0.2, 0) is 14.3 Å².